The molecule has 150 valence electrons. The van der Waals surface area contributed by atoms with Crippen LogP contribution in [0.2, 0.25) is 0 Å². The van der Waals surface area contributed by atoms with Gasteiger partial charge >= 0.3 is 0 Å². The summed E-state index contributed by atoms with van der Waals surface area (Å²) in [5.41, 5.74) is 12.7. The summed E-state index contributed by atoms with van der Waals surface area (Å²) >= 11 is 0. The summed E-state index contributed by atoms with van der Waals surface area (Å²) in [6.45, 7) is 0.531. The third-order valence-corrected chi connectivity index (χ3v) is 5.05. The molecule has 0 unspecified atom stereocenters. The molecule has 8 nitrogen and oxygen atoms in total. The maximum Gasteiger partial charge on any atom is 0.220 e. The van der Waals surface area contributed by atoms with Gasteiger partial charge in [0.25, 0.3) is 0 Å². The van der Waals surface area contributed by atoms with E-state index in [1.807, 2.05) is 17.0 Å². The van der Waals surface area contributed by atoms with Crippen molar-refractivity contribution < 1.29 is 14.2 Å². The molecule has 1 heterocycles. The quantitative estimate of drug-likeness (QED) is 0.788. The average Bonchev–Trinajstić information content (AvgIpc) is 2.64. The SMILES string of the molecule is COc1cc(CN2C(N)=NC(N)=NC23CCCCC3)cc(OC)c1OC.Cl. The van der Waals surface area contributed by atoms with Crippen LogP contribution in [-0.2, 0) is 6.54 Å². The van der Waals surface area contributed by atoms with Gasteiger partial charge in [0.15, 0.2) is 11.5 Å². The van der Waals surface area contributed by atoms with Crippen molar-refractivity contribution in [2.24, 2.45) is 21.5 Å². The minimum atomic E-state index is -0.422. The molecule has 1 aromatic rings. The van der Waals surface area contributed by atoms with Gasteiger partial charge in [-0.2, -0.15) is 4.99 Å². The Morgan fingerprint density at radius 1 is 1.00 bits per heavy atom. The van der Waals surface area contributed by atoms with Crippen LogP contribution in [0, 0.1) is 0 Å². The van der Waals surface area contributed by atoms with Gasteiger partial charge in [-0.05, 0) is 43.4 Å². The highest BCUT2D eigenvalue weighted by Gasteiger charge is 2.41. The Labute approximate surface area is 166 Å². The van der Waals surface area contributed by atoms with Crippen LogP contribution in [0.4, 0.5) is 0 Å². The number of aliphatic imine (C=N–C) groups is 2. The van der Waals surface area contributed by atoms with Gasteiger partial charge in [-0.1, -0.05) is 6.42 Å². The van der Waals surface area contributed by atoms with E-state index in [4.69, 9.17) is 25.7 Å². The number of guanidine groups is 2. The first-order chi connectivity index (χ1) is 12.5. The molecule has 1 aromatic carbocycles. The molecule has 1 aliphatic carbocycles. The standard InChI is InChI=1S/C18H27N5O3.ClH/c1-24-13-9-12(10-14(25-2)15(13)26-3)11-23-17(20)21-16(19)22-18(23)7-5-4-6-8-18;/h9-10H,4-8,11H2,1-3H3,(H4,19,20,21,22);1H. The van der Waals surface area contributed by atoms with Crippen LogP contribution < -0.4 is 25.7 Å². The normalized spacial score (nSPS) is 18.3. The molecule has 0 radical (unpaired) electrons. The number of halogens is 1. The van der Waals surface area contributed by atoms with Crippen molar-refractivity contribution in [1.29, 1.82) is 0 Å². The maximum absolute atomic E-state index is 6.25. The van der Waals surface area contributed by atoms with Crippen molar-refractivity contribution in [3.63, 3.8) is 0 Å². The number of hydrogen-bond donors (Lipinski definition) is 2. The van der Waals surface area contributed by atoms with Crippen molar-refractivity contribution in [1.82, 2.24) is 4.90 Å². The Morgan fingerprint density at radius 3 is 2.11 bits per heavy atom. The van der Waals surface area contributed by atoms with Crippen molar-refractivity contribution >= 4 is 24.3 Å². The lowest BCUT2D eigenvalue weighted by Gasteiger charge is -2.45. The monoisotopic (exact) mass is 397 g/mol. The summed E-state index contributed by atoms with van der Waals surface area (Å²) in [5.74, 6) is 2.43. The zero-order chi connectivity index (χ0) is 18.7. The van der Waals surface area contributed by atoms with Crippen LogP contribution in [0.1, 0.15) is 37.7 Å². The first-order valence-corrected chi connectivity index (χ1v) is 8.79. The third-order valence-electron chi connectivity index (χ3n) is 5.05. The molecule has 0 aromatic heterocycles. The second-order valence-corrected chi connectivity index (χ2v) is 6.60. The van der Waals surface area contributed by atoms with Gasteiger partial charge in [0, 0.05) is 6.54 Å². The molecule has 27 heavy (non-hydrogen) atoms. The molecule has 0 saturated heterocycles. The predicted molar refractivity (Wildman–Crippen MR) is 108 cm³/mol. The fourth-order valence-electron chi connectivity index (χ4n) is 3.83. The number of nitrogens with two attached hydrogens (primary N) is 2. The van der Waals surface area contributed by atoms with E-state index in [2.05, 4.69) is 9.98 Å². The van der Waals surface area contributed by atoms with Crippen LogP contribution in [-0.4, -0.2) is 43.8 Å². The van der Waals surface area contributed by atoms with E-state index in [0.717, 1.165) is 31.2 Å². The number of methoxy groups -OCH3 is 3. The summed E-state index contributed by atoms with van der Waals surface area (Å²) in [4.78, 5) is 10.9. The van der Waals surface area contributed by atoms with Gasteiger partial charge < -0.3 is 30.6 Å². The summed E-state index contributed by atoms with van der Waals surface area (Å²) in [5, 5.41) is 0. The van der Waals surface area contributed by atoms with Gasteiger partial charge in [0.05, 0.1) is 21.3 Å². The Morgan fingerprint density at radius 2 is 1.59 bits per heavy atom. The lowest BCUT2D eigenvalue weighted by atomic mass is 9.87. The Kier molecular flexibility index (Phi) is 6.64. The number of benzene rings is 1. The van der Waals surface area contributed by atoms with Crippen molar-refractivity contribution in [3.05, 3.63) is 17.7 Å². The predicted octanol–water partition coefficient (Wildman–Crippen LogP) is 2.24. The van der Waals surface area contributed by atoms with Gasteiger partial charge in [-0.15, -0.1) is 12.4 Å². The van der Waals surface area contributed by atoms with Crippen LogP contribution in [0.15, 0.2) is 22.1 Å². The largest absolute Gasteiger partial charge is 0.493 e. The molecule has 1 spiro atoms. The molecule has 2 aliphatic rings. The first kappa shape index (κ1) is 21.0. The molecule has 0 bridgehead atoms. The lowest BCUT2D eigenvalue weighted by molar-refractivity contribution is 0.114. The van der Waals surface area contributed by atoms with Crippen LogP contribution in [0.5, 0.6) is 17.2 Å². The summed E-state index contributed by atoms with van der Waals surface area (Å²) in [7, 11) is 4.79. The van der Waals surface area contributed by atoms with E-state index in [1.165, 1.54) is 6.42 Å². The smallest absolute Gasteiger partial charge is 0.220 e. The molecule has 0 amide bonds. The third kappa shape index (κ3) is 4.00. The minimum absolute atomic E-state index is 0. The Hall–Kier alpha value is -2.35. The van der Waals surface area contributed by atoms with E-state index >= 15 is 0 Å². The van der Waals surface area contributed by atoms with Gasteiger partial charge in [0.2, 0.25) is 17.7 Å². The highest BCUT2D eigenvalue weighted by molar-refractivity contribution is 5.95. The summed E-state index contributed by atoms with van der Waals surface area (Å²) in [6, 6.07) is 3.85. The summed E-state index contributed by atoms with van der Waals surface area (Å²) in [6.07, 6.45) is 5.21. The van der Waals surface area contributed by atoms with Crippen molar-refractivity contribution in [2.45, 2.75) is 44.3 Å². The maximum atomic E-state index is 6.25. The number of ether oxygens (including phenoxy) is 3. The number of nitrogens with zero attached hydrogens (tertiary/aromatic N) is 3. The molecule has 4 N–H and O–H groups in total. The number of hydrogen-bond acceptors (Lipinski definition) is 8. The average molecular weight is 398 g/mol. The molecule has 9 heteroatoms. The van der Waals surface area contributed by atoms with E-state index in [-0.39, 0.29) is 18.4 Å². The lowest BCUT2D eigenvalue weighted by Crippen LogP contribution is -2.57. The highest BCUT2D eigenvalue weighted by Crippen LogP contribution is 2.41. The van der Waals surface area contributed by atoms with E-state index in [9.17, 15) is 0 Å². The Bertz CT molecular complexity index is 707. The van der Waals surface area contributed by atoms with Gasteiger partial charge in [-0.25, -0.2) is 4.99 Å². The van der Waals surface area contributed by atoms with Crippen LogP contribution >= 0.6 is 12.4 Å². The zero-order valence-corrected chi connectivity index (χ0v) is 16.8. The minimum Gasteiger partial charge on any atom is -0.493 e. The topological polar surface area (TPSA) is 108 Å². The van der Waals surface area contributed by atoms with E-state index in [1.54, 1.807) is 21.3 Å². The molecular formula is C18H28ClN5O3. The molecule has 3 rings (SSSR count). The fourth-order valence-corrected chi connectivity index (χ4v) is 3.83. The molecule has 1 fully saturated rings. The second-order valence-electron chi connectivity index (χ2n) is 6.60. The van der Waals surface area contributed by atoms with Gasteiger partial charge in [0.1, 0.15) is 5.66 Å². The highest BCUT2D eigenvalue weighted by atomic mass is 35.5. The molecule has 0 atom stereocenters. The number of rotatable bonds is 5. The summed E-state index contributed by atoms with van der Waals surface area (Å²) < 4.78 is 16.3. The second kappa shape index (κ2) is 8.56. The van der Waals surface area contributed by atoms with Gasteiger partial charge in [-0.3, -0.25) is 0 Å². The fraction of sp³-hybridized carbons (Fsp3) is 0.556. The van der Waals surface area contributed by atoms with Crippen LogP contribution in [0.25, 0.3) is 0 Å². The van der Waals surface area contributed by atoms with Crippen molar-refractivity contribution in [3.8, 4) is 17.2 Å². The van der Waals surface area contributed by atoms with Crippen molar-refractivity contribution in [2.75, 3.05) is 21.3 Å². The molecular weight excluding hydrogens is 370 g/mol. The van der Waals surface area contributed by atoms with E-state index < -0.39 is 5.66 Å². The molecule has 1 aliphatic heterocycles. The van der Waals surface area contributed by atoms with Crippen LogP contribution in [0.3, 0.4) is 0 Å². The first-order valence-electron chi connectivity index (χ1n) is 8.79. The van der Waals surface area contributed by atoms with E-state index in [0.29, 0.717) is 29.8 Å². The molecule has 1 saturated carbocycles. The zero-order valence-electron chi connectivity index (χ0n) is 16.0. The Balaban J connectivity index is 0.00000261.